The summed E-state index contributed by atoms with van der Waals surface area (Å²) in [6, 6.07) is 9.75. The number of carbonyl (C=O) groups is 1. The summed E-state index contributed by atoms with van der Waals surface area (Å²) in [4.78, 5) is 18.4. The molecule has 0 radical (unpaired) electrons. The summed E-state index contributed by atoms with van der Waals surface area (Å²) < 4.78 is 7.40. The minimum absolute atomic E-state index is 0.0353. The fourth-order valence-electron chi connectivity index (χ4n) is 2.62. The number of hydrogen-bond acceptors (Lipinski definition) is 3. The van der Waals surface area contributed by atoms with E-state index in [0.29, 0.717) is 12.2 Å². The number of carbonyl (C=O) groups excluding carboxylic acids is 1. The molecule has 0 bridgehead atoms. The Morgan fingerprint density at radius 1 is 1.43 bits per heavy atom. The van der Waals surface area contributed by atoms with Crippen LogP contribution in [0, 0.1) is 0 Å². The number of aromatic nitrogens is 2. The summed E-state index contributed by atoms with van der Waals surface area (Å²) in [5.41, 5.74) is 1.51. The lowest BCUT2D eigenvalue weighted by molar-refractivity contribution is 0.0581. The summed E-state index contributed by atoms with van der Waals surface area (Å²) in [7, 11) is 1.81. The van der Waals surface area contributed by atoms with E-state index in [4.69, 9.17) is 4.74 Å². The number of rotatable bonds is 4. The second-order valence-electron chi connectivity index (χ2n) is 5.31. The Morgan fingerprint density at radius 2 is 2.24 bits per heavy atom. The van der Waals surface area contributed by atoms with E-state index in [1.807, 2.05) is 41.9 Å². The van der Waals surface area contributed by atoms with E-state index in [1.54, 1.807) is 17.4 Å². The minimum Gasteiger partial charge on any atom is -0.376 e. The first-order valence-corrected chi connectivity index (χ1v) is 7.20. The molecule has 3 rings (SSSR count). The number of ether oxygens (including phenoxy) is 1. The van der Waals surface area contributed by atoms with Crippen LogP contribution in [-0.4, -0.2) is 46.7 Å². The van der Waals surface area contributed by atoms with E-state index in [1.165, 1.54) is 0 Å². The standard InChI is InChI=1S/C16H19N3O2/c1-18(11-14-8-5-9-21-14)16(20)15-10-17-12-19(15)13-6-3-2-4-7-13/h2-4,6-7,10,12,14H,5,8-9,11H2,1H3/t14-/m0/s1. The molecule has 21 heavy (non-hydrogen) atoms. The SMILES string of the molecule is CN(C[C@@H]1CCCO1)C(=O)c1cncn1-c1ccccc1. The molecule has 0 aliphatic carbocycles. The lowest BCUT2D eigenvalue weighted by Crippen LogP contribution is -2.35. The maximum absolute atomic E-state index is 12.6. The van der Waals surface area contributed by atoms with Gasteiger partial charge in [0.15, 0.2) is 0 Å². The van der Waals surface area contributed by atoms with Crippen molar-refractivity contribution in [2.45, 2.75) is 18.9 Å². The van der Waals surface area contributed by atoms with Gasteiger partial charge in [-0.25, -0.2) is 4.98 Å². The van der Waals surface area contributed by atoms with Crippen LogP contribution < -0.4 is 0 Å². The van der Waals surface area contributed by atoms with Gasteiger partial charge < -0.3 is 9.64 Å². The molecule has 0 N–H and O–H groups in total. The predicted octanol–water partition coefficient (Wildman–Crippen LogP) is 2.12. The number of amides is 1. The Labute approximate surface area is 124 Å². The van der Waals surface area contributed by atoms with Crippen molar-refractivity contribution < 1.29 is 9.53 Å². The quantitative estimate of drug-likeness (QED) is 0.864. The normalized spacial score (nSPS) is 17.9. The van der Waals surface area contributed by atoms with E-state index in [2.05, 4.69) is 4.98 Å². The van der Waals surface area contributed by atoms with Crippen molar-refractivity contribution in [1.82, 2.24) is 14.5 Å². The van der Waals surface area contributed by atoms with E-state index in [9.17, 15) is 4.79 Å². The highest BCUT2D eigenvalue weighted by Crippen LogP contribution is 2.16. The fraction of sp³-hybridized carbons (Fsp3) is 0.375. The van der Waals surface area contributed by atoms with Crippen LogP contribution in [0.4, 0.5) is 0 Å². The molecule has 1 aromatic heterocycles. The van der Waals surface area contributed by atoms with Crippen LogP contribution in [-0.2, 0) is 4.74 Å². The molecule has 1 saturated heterocycles. The molecule has 2 heterocycles. The van der Waals surface area contributed by atoms with Gasteiger partial charge in [-0.05, 0) is 25.0 Å². The molecule has 110 valence electrons. The van der Waals surface area contributed by atoms with Crippen LogP contribution in [0.1, 0.15) is 23.3 Å². The van der Waals surface area contributed by atoms with E-state index < -0.39 is 0 Å². The van der Waals surface area contributed by atoms with E-state index in [0.717, 1.165) is 25.1 Å². The largest absolute Gasteiger partial charge is 0.376 e. The van der Waals surface area contributed by atoms with Gasteiger partial charge in [0, 0.05) is 25.9 Å². The molecule has 0 saturated carbocycles. The molecule has 5 nitrogen and oxygen atoms in total. The average Bonchev–Trinajstić information content (AvgIpc) is 3.18. The number of nitrogens with zero attached hydrogens (tertiary/aromatic N) is 3. The van der Waals surface area contributed by atoms with Gasteiger partial charge in [-0.1, -0.05) is 18.2 Å². The zero-order valence-electron chi connectivity index (χ0n) is 12.1. The average molecular weight is 285 g/mol. The fourth-order valence-corrected chi connectivity index (χ4v) is 2.62. The molecule has 1 atom stereocenters. The van der Waals surface area contributed by atoms with E-state index in [-0.39, 0.29) is 12.0 Å². The second-order valence-corrected chi connectivity index (χ2v) is 5.31. The predicted molar refractivity (Wildman–Crippen MR) is 79.5 cm³/mol. The first-order valence-electron chi connectivity index (χ1n) is 7.20. The Balaban J connectivity index is 1.77. The summed E-state index contributed by atoms with van der Waals surface area (Å²) in [5.74, 6) is -0.0353. The second kappa shape index (κ2) is 6.10. The third-order valence-electron chi connectivity index (χ3n) is 3.74. The third-order valence-corrected chi connectivity index (χ3v) is 3.74. The zero-order valence-corrected chi connectivity index (χ0v) is 12.1. The van der Waals surface area contributed by atoms with Crippen molar-refractivity contribution in [3.63, 3.8) is 0 Å². The summed E-state index contributed by atoms with van der Waals surface area (Å²) in [6.45, 7) is 1.42. The highest BCUT2D eigenvalue weighted by Gasteiger charge is 2.22. The molecule has 1 fully saturated rings. The van der Waals surface area contributed by atoms with Crippen LogP contribution in [0.25, 0.3) is 5.69 Å². The van der Waals surface area contributed by atoms with E-state index >= 15 is 0 Å². The van der Waals surface area contributed by atoms with Gasteiger partial charge >= 0.3 is 0 Å². The molecule has 5 heteroatoms. The number of likely N-dealkylation sites (N-methyl/N-ethyl adjacent to an activating group) is 1. The first kappa shape index (κ1) is 13.8. The van der Waals surface area contributed by atoms with Crippen molar-refractivity contribution in [3.8, 4) is 5.69 Å². The molecule has 0 spiro atoms. The lowest BCUT2D eigenvalue weighted by Gasteiger charge is -2.21. The maximum Gasteiger partial charge on any atom is 0.272 e. The molecule has 2 aromatic rings. The molecule has 1 aliphatic rings. The van der Waals surface area contributed by atoms with Gasteiger partial charge in [-0.3, -0.25) is 9.36 Å². The van der Waals surface area contributed by atoms with Crippen molar-refractivity contribution >= 4 is 5.91 Å². The van der Waals surface area contributed by atoms with Crippen molar-refractivity contribution in [2.24, 2.45) is 0 Å². The molecule has 1 aliphatic heterocycles. The molecule has 0 unspecified atom stereocenters. The van der Waals surface area contributed by atoms with Crippen molar-refractivity contribution in [2.75, 3.05) is 20.2 Å². The summed E-state index contributed by atoms with van der Waals surface area (Å²) >= 11 is 0. The highest BCUT2D eigenvalue weighted by atomic mass is 16.5. The minimum atomic E-state index is -0.0353. The number of hydrogen-bond donors (Lipinski definition) is 0. The maximum atomic E-state index is 12.6. The topological polar surface area (TPSA) is 47.4 Å². The molecular weight excluding hydrogens is 266 g/mol. The van der Waals surface area contributed by atoms with Gasteiger partial charge in [0.25, 0.3) is 5.91 Å². The zero-order chi connectivity index (χ0) is 14.7. The van der Waals surface area contributed by atoms with Gasteiger partial charge in [0.2, 0.25) is 0 Å². The van der Waals surface area contributed by atoms with Gasteiger partial charge in [0.1, 0.15) is 5.69 Å². The van der Waals surface area contributed by atoms with Crippen molar-refractivity contribution in [3.05, 3.63) is 48.5 Å². The molecule has 1 amide bonds. The number of imidazole rings is 1. The van der Waals surface area contributed by atoms with Crippen LogP contribution in [0.3, 0.4) is 0 Å². The highest BCUT2D eigenvalue weighted by molar-refractivity contribution is 5.92. The Kier molecular flexibility index (Phi) is 4.01. The van der Waals surface area contributed by atoms with Crippen LogP contribution >= 0.6 is 0 Å². The van der Waals surface area contributed by atoms with Crippen LogP contribution in [0.15, 0.2) is 42.9 Å². The van der Waals surface area contributed by atoms with Crippen LogP contribution in [0.5, 0.6) is 0 Å². The van der Waals surface area contributed by atoms with Gasteiger partial charge in [0.05, 0.1) is 18.6 Å². The smallest absolute Gasteiger partial charge is 0.272 e. The number of benzene rings is 1. The van der Waals surface area contributed by atoms with Crippen molar-refractivity contribution in [1.29, 1.82) is 0 Å². The Morgan fingerprint density at radius 3 is 2.95 bits per heavy atom. The summed E-state index contributed by atoms with van der Waals surface area (Å²) in [6.07, 6.45) is 5.54. The molecule has 1 aromatic carbocycles. The third kappa shape index (κ3) is 2.97. The first-order chi connectivity index (χ1) is 10.3. The monoisotopic (exact) mass is 285 g/mol. The number of para-hydroxylation sites is 1. The van der Waals surface area contributed by atoms with Gasteiger partial charge in [-0.15, -0.1) is 0 Å². The Hall–Kier alpha value is -2.14. The Bertz CT molecular complexity index is 603. The summed E-state index contributed by atoms with van der Waals surface area (Å²) in [5, 5.41) is 0. The van der Waals surface area contributed by atoms with Crippen LogP contribution in [0.2, 0.25) is 0 Å². The lowest BCUT2D eigenvalue weighted by atomic mass is 10.2. The van der Waals surface area contributed by atoms with Gasteiger partial charge in [-0.2, -0.15) is 0 Å². The molecular formula is C16H19N3O2.